The second-order valence-corrected chi connectivity index (χ2v) is 5.36. The molecule has 1 aromatic rings. The average Bonchev–Trinajstić information content (AvgIpc) is 2.67. The minimum Gasteiger partial charge on any atom is -0.504 e. The van der Waals surface area contributed by atoms with E-state index in [4.69, 9.17) is 45.6 Å². The van der Waals surface area contributed by atoms with Crippen LogP contribution < -0.4 is 0 Å². The molecule has 11 heteroatoms. The van der Waals surface area contributed by atoms with Gasteiger partial charge in [-0.15, -0.1) is 0 Å². The van der Waals surface area contributed by atoms with E-state index in [1.807, 2.05) is 6.92 Å². The molecule has 0 aliphatic carbocycles. The Bertz CT molecular complexity index is 581. The molecule has 11 nitrogen and oxygen atoms in total. The molecule has 4 atom stereocenters. The molecule has 0 radical (unpaired) electrons. The molecule has 0 fully saturated rings. The van der Waals surface area contributed by atoms with Gasteiger partial charge in [-0.2, -0.15) is 0 Å². The van der Waals surface area contributed by atoms with E-state index >= 15 is 0 Å². The van der Waals surface area contributed by atoms with Gasteiger partial charge in [0.25, 0.3) is 0 Å². The number of hydrogen-bond donors (Lipinski definition) is 8. The van der Waals surface area contributed by atoms with Crippen LogP contribution in [0.2, 0.25) is 0 Å². The molecule has 0 bridgehead atoms. The number of hydrogen-bond acceptors (Lipinski definition) is 11. The highest BCUT2D eigenvalue weighted by molar-refractivity contribution is 5.91. The van der Waals surface area contributed by atoms with Crippen molar-refractivity contribution in [3.63, 3.8) is 0 Å². The van der Waals surface area contributed by atoms with Gasteiger partial charge in [0.05, 0.1) is 18.8 Å². The molecule has 0 saturated carbocycles. The molecule has 0 heterocycles. The molecular weight excluding hydrogens is 368 g/mol. The van der Waals surface area contributed by atoms with Gasteiger partial charge in [-0.25, -0.2) is 4.79 Å². The molecule has 0 saturated heterocycles. The van der Waals surface area contributed by atoms with Gasteiger partial charge in [0.15, 0.2) is 23.5 Å². The summed E-state index contributed by atoms with van der Waals surface area (Å²) >= 11 is 0. The number of aldehydes is 1. The Kier molecular flexibility index (Phi) is 11.0. The maximum Gasteiger partial charge on any atom is 0.338 e. The quantitative estimate of drug-likeness (QED) is 0.138. The summed E-state index contributed by atoms with van der Waals surface area (Å²) in [7, 11) is 0. The number of rotatable bonds is 8. The maximum absolute atomic E-state index is 11.3. The van der Waals surface area contributed by atoms with Crippen molar-refractivity contribution in [2.45, 2.75) is 37.8 Å². The molecule has 0 aliphatic heterocycles. The van der Waals surface area contributed by atoms with Crippen molar-refractivity contribution in [1.82, 2.24) is 0 Å². The second kappa shape index (κ2) is 12.0. The number of esters is 1. The third kappa shape index (κ3) is 7.76. The molecule has 0 aliphatic rings. The van der Waals surface area contributed by atoms with Crippen LogP contribution in [0.4, 0.5) is 0 Å². The van der Waals surface area contributed by atoms with Crippen LogP contribution in [0.25, 0.3) is 0 Å². The Morgan fingerprint density at radius 1 is 1.07 bits per heavy atom. The number of aliphatic hydroxyl groups is 5. The van der Waals surface area contributed by atoms with E-state index in [0.29, 0.717) is 6.42 Å². The molecule has 27 heavy (non-hydrogen) atoms. The number of aliphatic hydroxyl groups excluding tert-OH is 5. The van der Waals surface area contributed by atoms with E-state index < -0.39 is 54.2 Å². The van der Waals surface area contributed by atoms with Crippen LogP contribution in [0.1, 0.15) is 23.7 Å². The highest BCUT2D eigenvalue weighted by Crippen LogP contribution is 2.35. The first-order valence-electron chi connectivity index (χ1n) is 7.81. The third-order valence-electron chi connectivity index (χ3n) is 3.16. The van der Waals surface area contributed by atoms with Crippen molar-refractivity contribution in [3.8, 4) is 17.2 Å². The fourth-order valence-corrected chi connectivity index (χ4v) is 1.62. The standard InChI is InChI=1S/C10H12O5.C6H12O6/c1-2-3-15-10(14)6-4-7(11)9(13)8(12)5-6;7-1-3(9)5(11)6(12)4(10)2-8/h4-5,11-13H,2-3H2,1H3;1,3-6,8-12H,2H2. The zero-order valence-corrected chi connectivity index (χ0v) is 14.5. The molecule has 4 unspecified atom stereocenters. The van der Waals surface area contributed by atoms with Crippen LogP contribution in [0.5, 0.6) is 17.2 Å². The lowest BCUT2D eigenvalue weighted by Gasteiger charge is -2.22. The van der Waals surface area contributed by atoms with E-state index in [2.05, 4.69) is 0 Å². The highest BCUT2D eigenvalue weighted by atomic mass is 16.5. The summed E-state index contributed by atoms with van der Waals surface area (Å²) in [5, 5.41) is 70.8. The SMILES string of the molecule is CCCOC(=O)c1cc(O)c(O)c(O)c1.O=CC(O)C(O)C(O)C(O)CO. The first kappa shape index (κ1) is 24.6. The summed E-state index contributed by atoms with van der Waals surface area (Å²) in [6.07, 6.45) is -6.16. The first-order chi connectivity index (χ1) is 12.6. The molecule has 0 aromatic heterocycles. The van der Waals surface area contributed by atoms with Crippen LogP contribution >= 0.6 is 0 Å². The van der Waals surface area contributed by atoms with E-state index in [-0.39, 0.29) is 18.5 Å². The molecular formula is C16H24O11. The largest absolute Gasteiger partial charge is 0.504 e. The molecule has 1 aromatic carbocycles. The van der Waals surface area contributed by atoms with E-state index in [1.54, 1.807) is 0 Å². The molecule has 0 spiro atoms. The van der Waals surface area contributed by atoms with Gasteiger partial charge in [0.1, 0.15) is 24.4 Å². The Labute approximate surface area is 154 Å². The van der Waals surface area contributed by atoms with Crippen LogP contribution in [-0.4, -0.2) is 90.7 Å². The smallest absolute Gasteiger partial charge is 0.338 e. The number of carbonyl (C=O) groups is 2. The van der Waals surface area contributed by atoms with Gasteiger partial charge in [-0.3, -0.25) is 0 Å². The Balaban J connectivity index is 0.000000516. The number of benzene rings is 1. The van der Waals surface area contributed by atoms with Crippen molar-refractivity contribution in [2.24, 2.45) is 0 Å². The van der Waals surface area contributed by atoms with Gasteiger partial charge in [-0.05, 0) is 18.6 Å². The van der Waals surface area contributed by atoms with E-state index in [1.165, 1.54) is 0 Å². The second-order valence-electron chi connectivity index (χ2n) is 5.36. The lowest BCUT2D eigenvalue weighted by molar-refractivity contribution is -0.136. The minimum absolute atomic E-state index is 0.00347. The predicted octanol–water partition coefficient (Wildman–Crippen LogP) is -2.01. The van der Waals surface area contributed by atoms with Gasteiger partial charge >= 0.3 is 5.97 Å². The maximum atomic E-state index is 11.3. The van der Waals surface area contributed by atoms with Crippen molar-refractivity contribution in [1.29, 1.82) is 0 Å². The summed E-state index contributed by atoms with van der Waals surface area (Å²) in [6, 6.07) is 2.07. The first-order valence-corrected chi connectivity index (χ1v) is 7.81. The Morgan fingerprint density at radius 2 is 1.59 bits per heavy atom. The number of phenols is 3. The molecule has 154 valence electrons. The fraction of sp³-hybridized carbons (Fsp3) is 0.500. The summed E-state index contributed by atoms with van der Waals surface area (Å²) in [5.41, 5.74) is -0.00347. The average molecular weight is 392 g/mol. The Morgan fingerprint density at radius 3 is 2.00 bits per heavy atom. The lowest BCUT2D eigenvalue weighted by atomic mass is 10.0. The van der Waals surface area contributed by atoms with Gasteiger partial charge in [-0.1, -0.05) is 6.92 Å². The van der Waals surface area contributed by atoms with Crippen LogP contribution in [-0.2, 0) is 9.53 Å². The molecule has 1 rings (SSSR count). The summed E-state index contributed by atoms with van der Waals surface area (Å²) in [5.74, 6) is -2.42. The lowest BCUT2D eigenvalue weighted by Crippen LogP contribution is -2.46. The van der Waals surface area contributed by atoms with Gasteiger partial charge in [0, 0.05) is 0 Å². The number of ether oxygens (including phenoxy) is 1. The van der Waals surface area contributed by atoms with Crippen molar-refractivity contribution < 1.29 is 55.2 Å². The van der Waals surface area contributed by atoms with Crippen molar-refractivity contribution in [2.75, 3.05) is 13.2 Å². The van der Waals surface area contributed by atoms with Crippen LogP contribution in [0.15, 0.2) is 12.1 Å². The summed E-state index contributed by atoms with van der Waals surface area (Å²) in [4.78, 5) is 21.2. The van der Waals surface area contributed by atoms with Gasteiger partial charge in [0.2, 0.25) is 0 Å². The summed E-state index contributed by atoms with van der Waals surface area (Å²) < 4.78 is 4.78. The topological polar surface area (TPSA) is 205 Å². The number of carbonyl (C=O) groups excluding carboxylic acids is 2. The number of phenolic OH excluding ortho intramolecular Hbond substituents is 3. The third-order valence-corrected chi connectivity index (χ3v) is 3.16. The summed E-state index contributed by atoms with van der Waals surface area (Å²) in [6.45, 7) is 1.35. The zero-order chi connectivity index (χ0) is 21.1. The fourth-order valence-electron chi connectivity index (χ4n) is 1.62. The Hall–Kier alpha value is -2.44. The zero-order valence-electron chi connectivity index (χ0n) is 14.5. The normalized spacial score (nSPS) is 14.9. The molecule has 8 N–H and O–H groups in total. The van der Waals surface area contributed by atoms with Crippen molar-refractivity contribution >= 4 is 12.3 Å². The van der Waals surface area contributed by atoms with Crippen LogP contribution in [0.3, 0.4) is 0 Å². The van der Waals surface area contributed by atoms with Crippen molar-refractivity contribution in [3.05, 3.63) is 17.7 Å². The van der Waals surface area contributed by atoms with Gasteiger partial charge < -0.3 is 50.4 Å². The van der Waals surface area contributed by atoms with Crippen LogP contribution in [0, 0.1) is 0 Å². The van der Waals surface area contributed by atoms with E-state index in [9.17, 15) is 9.59 Å². The highest BCUT2D eigenvalue weighted by Gasteiger charge is 2.29. The predicted molar refractivity (Wildman–Crippen MR) is 89.2 cm³/mol. The minimum atomic E-state index is -1.79. The van der Waals surface area contributed by atoms with E-state index in [0.717, 1.165) is 12.1 Å². The number of aromatic hydroxyl groups is 3. The monoisotopic (exact) mass is 392 g/mol. The molecule has 0 amide bonds.